The summed E-state index contributed by atoms with van der Waals surface area (Å²) in [5.41, 5.74) is 2.34. The minimum absolute atomic E-state index is 0.321. The van der Waals surface area contributed by atoms with Gasteiger partial charge in [-0.3, -0.25) is 4.79 Å². The first-order valence-corrected chi connectivity index (χ1v) is 6.77. The van der Waals surface area contributed by atoms with E-state index in [1.54, 1.807) is 0 Å². The first kappa shape index (κ1) is 14.6. The largest absolute Gasteiger partial charge is 0.480 e. The molecule has 98 valence electrons. The topological polar surface area (TPSA) is 66.4 Å². The Kier molecular flexibility index (Phi) is 5.71. The molecule has 1 rings (SSSR count). The Bertz CT molecular complexity index is 434. The summed E-state index contributed by atoms with van der Waals surface area (Å²) in [6.45, 7) is 3.34. The number of carboxylic acids is 1. The van der Waals surface area contributed by atoms with Crippen LogP contribution in [0.4, 0.5) is 0 Å². The van der Waals surface area contributed by atoms with Gasteiger partial charge in [-0.05, 0) is 12.5 Å². The molecule has 0 aromatic heterocycles. The molecule has 1 aromatic carbocycles. The van der Waals surface area contributed by atoms with Gasteiger partial charge in [-0.25, -0.2) is 4.79 Å². The van der Waals surface area contributed by atoms with E-state index in [0.717, 1.165) is 11.3 Å². The van der Waals surface area contributed by atoms with E-state index in [9.17, 15) is 9.59 Å². The van der Waals surface area contributed by atoms with Crippen LogP contribution in [0.1, 0.15) is 18.1 Å². The van der Waals surface area contributed by atoms with E-state index in [-0.39, 0.29) is 5.91 Å². The lowest BCUT2D eigenvalue weighted by molar-refractivity contribution is -0.140. The summed E-state index contributed by atoms with van der Waals surface area (Å²) in [6, 6.07) is 7.26. The molecule has 0 heterocycles. The maximum Gasteiger partial charge on any atom is 0.327 e. The van der Waals surface area contributed by atoms with Crippen molar-refractivity contribution in [2.24, 2.45) is 0 Å². The number of carbonyl (C=O) groups is 2. The van der Waals surface area contributed by atoms with Crippen molar-refractivity contribution >= 4 is 23.6 Å². The van der Waals surface area contributed by atoms with E-state index in [0.29, 0.717) is 5.75 Å². The summed E-state index contributed by atoms with van der Waals surface area (Å²) in [6.07, 6.45) is 0. The second-order valence-corrected chi connectivity index (χ2v) is 5.13. The Morgan fingerprint density at radius 1 is 1.44 bits per heavy atom. The summed E-state index contributed by atoms with van der Waals surface area (Å²) in [5, 5.41) is 11.4. The van der Waals surface area contributed by atoms with Crippen molar-refractivity contribution in [2.75, 3.05) is 5.75 Å². The molecule has 0 aliphatic carbocycles. The number of aliphatic carboxylic acids is 1. The van der Waals surface area contributed by atoms with E-state index in [1.807, 2.05) is 25.1 Å². The minimum atomic E-state index is -0.998. The molecule has 2 N–H and O–H groups in total. The number of nitrogens with one attached hydrogen (secondary N) is 1. The van der Waals surface area contributed by atoms with Crippen LogP contribution < -0.4 is 5.32 Å². The lowest BCUT2D eigenvalue weighted by Gasteiger charge is -2.12. The highest BCUT2D eigenvalue weighted by Gasteiger charge is 2.17. The summed E-state index contributed by atoms with van der Waals surface area (Å²) < 4.78 is 0. The van der Waals surface area contributed by atoms with Crippen molar-refractivity contribution in [2.45, 2.75) is 25.6 Å². The molecule has 0 bridgehead atoms. The number of aryl methyl sites for hydroxylation is 1. The van der Waals surface area contributed by atoms with Gasteiger partial charge in [0.2, 0.25) is 5.91 Å². The quantitative estimate of drug-likeness (QED) is 0.825. The highest BCUT2D eigenvalue weighted by atomic mass is 32.2. The standard InChI is InChI=1S/C13H17NO3S/c1-9-4-3-5-11(6-9)7-18-8-12(13(16)17)14-10(2)15/h3-6,12H,7-8H2,1-2H3,(H,14,15)(H,16,17). The Morgan fingerprint density at radius 2 is 2.17 bits per heavy atom. The van der Waals surface area contributed by atoms with Gasteiger partial charge in [-0.1, -0.05) is 29.8 Å². The summed E-state index contributed by atoms with van der Waals surface area (Å²) in [5.74, 6) is -0.214. The summed E-state index contributed by atoms with van der Waals surface area (Å²) >= 11 is 1.50. The molecule has 0 saturated carbocycles. The van der Waals surface area contributed by atoms with Gasteiger partial charge < -0.3 is 10.4 Å². The lowest BCUT2D eigenvalue weighted by atomic mass is 10.2. The maximum atomic E-state index is 10.9. The van der Waals surface area contributed by atoms with Crippen LogP contribution in [0.3, 0.4) is 0 Å². The van der Waals surface area contributed by atoms with Crippen LogP contribution in [-0.2, 0) is 15.3 Å². The number of carbonyl (C=O) groups excluding carboxylic acids is 1. The van der Waals surface area contributed by atoms with E-state index < -0.39 is 12.0 Å². The first-order chi connectivity index (χ1) is 8.49. The normalized spacial score (nSPS) is 11.9. The minimum Gasteiger partial charge on any atom is -0.480 e. The molecule has 1 unspecified atom stereocenters. The Morgan fingerprint density at radius 3 is 2.72 bits per heavy atom. The molecule has 0 aliphatic rings. The zero-order valence-corrected chi connectivity index (χ0v) is 11.3. The second-order valence-electron chi connectivity index (χ2n) is 4.10. The van der Waals surface area contributed by atoms with E-state index in [2.05, 4.69) is 11.4 Å². The number of amides is 1. The molecule has 1 aromatic rings. The third-order valence-corrected chi connectivity index (χ3v) is 3.42. The number of thioether (sulfide) groups is 1. The highest BCUT2D eigenvalue weighted by Crippen LogP contribution is 2.14. The molecule has 1 atom stereocenters. The Labute approximate surface area is 111 Å². The smallest absolute Gasteiger partial charge is 0.327 e. The Hall–Kier alpha value is -1.49. The average molecular weight is 267 g/mol. The molecule has 4 nitrogen and oxygen atoms in total. The van der Waals surface area contributed by atoms with Crippen LogP contribution in [0, 0.1) is 6.92 Å². The van der Waals surface area contributed by atoms with Crippen molar-refractivity contribution < 1.29 is 14.7 Å². The third-order valence-electron chi connectivity index (χ3n) is 2.31. The fourth-order valence-corrected chi connectivity index (χ4v) is 2.51. The van der Waals surface area contributed by atoms with Gasteiger partial charge in [0.25, 0.3) is 0 Å². The monoisotopic (exact) mass is 267 g/mol. The van der Waals surface area contributed by atoms with Crippen molar-refractivity contribution in [3.05, 3.63) is 35.4 Å². The molecule has 0 fully saturated rings. The number of rotatable bonds is 6. The maximum absolute atomic E-state index is 10.9. The number of benzene rings is 1. The van der Waals surface area contributed by atoms with Gasteiger partial charge in [0, 0.05) is 18.4 Å². The molecule has 0 radical (unpaired) electrons. The number of hydrogen-bond donors (Lipinski definition) is 2. The van der Waals surface area contributed by atoms with Crippen LogP contribution >= 0.6 is 11.8 Å². The van der Waals surface area contributed by atoms with Crippen molar-refractivity contribution in [1.82, 2.24) is 5.32 Å². The van der Waals surface area contributed by atoms with Crippen LogP contribution in [0.25, 0.3) is 0 Å². The molecule has 1 amide bonds. The average Bonchev–Trinajstić information content (AvgIpc) is 2.27. The lowest BCUT2D eigenvalue weighted by Crippen LogP contribution is -2.41. The molecular formula is C13H17NO3S. The zero-order chi connectivity index (χ0) is 13.5. The SMILES string of the molecule is CC(=O)NC(CSCc1cccc(C)c1)C(=O)O. The van der Waals surface area contributed by atoms with Gasteiger partial charge >= 0.3 is 5.97 Å². The van der Waals surface area contributed by atoms with Crippen LogP contribution in [0.5, 0.6) is 0 Å². The van der Waals surface area contributed by atoms with Gasteiger partial charge in [-0.15, -0.1) is 0 Å². The molecular weight excluding hydrogens is 250 g/mol. The van der Waals surface area contributed by atoms with Crippen molar-refractivity contribution in [3.8, 4) is 0 Å². The number of carboxylic acid groups (broad SMARTS) is 1. The predicted molar refractivity (Wildman–Crippen MR) is 72.6 cm³/mol. The zero-order valence-electron chi connectivity index (χ0n) is 10.5. The molecule has 5 heteroatoms. The summed E-state index contributed by atoms with van der Waals surface area (Å²) in [7, 11) is 0. The molecule has 18 heavy (non-hydrogen) atoms. The fourth-order valence-electron chi connectivity index (χ4n) is 1.52. The third kappa shape index (κ3) is 5.23. The van der Waals surface area contributed by atoms with E-state index >= 15 is 0 Å². The van der Waals surface area contributed by atoms with Crippen LogP contribution in [-0.4, -0.2) is 28.8 Å². The molecule has 0 saturated heterocycles. The number of hydrogen-bond acceptors (Lipinski definition) is 3. The fraction of sp³-hybridized carbons (Fsp3) is 0.385. The molecule has 0 aliphatic heterocycles. The van der Waals surface area contributed by atoms with Gasteiger partial charge in [-0.2, -0.15) is 11.8 Å². The van der Waals surface area contributed by atoms with Crippen LogP contribution in [0.2, 0.25) is 0 Å². The van der Waals surface area contributed by atoms with Gasteiger partial charge in [0.1, 0.15) is 6.04 Å². The highest BCUT2D eigenvalue weighted by molar-refractivity contribution is 7.98. The van der Waals surface area contributed by atoms with Crippen LogP contribution in [0.15, 0.2) is 24.3 Å². The predicted octanol–water partition coefficient (Wildman–Crippen LogP) is 1.82. The summed E-state index contributed by atoms with van der Waals surface area (Å²) in [4.78, 5) is 21.8. The van der Waals surface area contributed by atoms with E-state index in [4.69, 9.17) is 5.11 Å². The molecule has 0 spiro atoms. The van der Waals surface area contributed by atoms with Gasteiger partial charge in [0.05, 0.1) is 0 Å². The first-order valence-electron chi connectivity index (χ1n) is 5.62. The van der Waals surface area contributed by atoms with Crippen molar-refractivity contribution in [1.29, 1.82) is 0 Å². The Balaban J connectivity index is 2.43. The second kappa shape index (κ2) is 7.06. The van der Waals surface area contributed by atoms with Gasteiger partial charge in [0.15, 0.2) is 0 Å². The van der Waals surface area contributed by atoms with Crippen molar-refractivity contribution in [3.63, 3.8) is 0 Å². The van der Waals surface area contributed by atoms with E-state index in [1.165, 1.54) is 24.2 Å².